The minimum atomic E-state index is -0.237. The SMILES string of the molecule is Cc1ccc(F)cc1CSc1nnc(CN)o1. The van der Waals surface area contributed by atoms with Gasteiger partial charge in [0.1, 0.15) is 5.82 Å². The fourth-order valence-electron chi connectivity index (χ4n) is 1.31. The number of nitrogens with two attached hydrogens (primary N) is 1. The van der Waals surface area contributed by atoms with E-state index in [-0.39, 0.29) is 12.4 Å². The molecule has 0 aliphatic rings. The van der Waals surface area contributed by atoms with Crippen molar-refractivity contribution < 1.29 is 8.81 Å². The van der Waals surface area contributed by atoms with Gasteiger partial charge in [-0.15, -0.1) is 10.2 Å². The lowest BCUT2D eigenvalue weighted by Crippen LogP contribution is -1.95. The summed E-state index contributed by atoms with van der Waals surface area (Å²) in [6.45, 7) is 2.17. The van der Waals surface area contributed by atoms with Gasteiger partial charge >= 0.3 is 0 Å². The van der Waals surface area contributed by atoms with Gasteiger partial charge in [0.05, 0.1) is 6.54 Å². The zero-order valence-electron chi connectivity index (χ0n) is 9.31. The van der Waals surface area contributed by atoms with Crippen LogP contribution in [0.3, 0.4) is 0 Å². The Morgan fingerprint density at radius 2 is 2.24 bits per heavy atom. The Morgan fingerprint density at radius 1 is 1.41 bits per heavy atom. The molecule has 0 atom stereocenters. The molecule has 2 aromatic rings. The van der Waals surface area contributed by atoms with E-state index in [1.54, 1.807) is 6.07 Å². The summed E-state index contributed by atoms with van der Waals surface area (Å²) < 4.78 is 18.3. The van der Waals surface area contributed by atoms with Crippen LogP contribution >= 0.6 is 11.8 Å². The molecule has 0 spiro atoms. The third-order valence-corrected chi connectivity index (χ3v) is 3.15. The first-order valence-electron chi connectivity index (χ1n) is 5.09. The molecule has 17 heavy (non-hydrogen) atoms. The van der Waals surface area contributed by atoms with Crippen LogP contribution in [0.4, 0.5) is 4.39 Å². The molecular formula is C11H12FN3OS. The molecule has 0 aliphatic heterocycles. The molecule has 2 N–H and O–H groups in total. The molecule has 2 rings (SSSR count). The average Bonchev–Trinajstić information content (AvgIpc) is 2.78. The van der Waals surface area contributed by atoms with E-state index in [1.807, 2.05) is 6.92 Å². The van der Waals surface area contributed by atoms with E-state index in [4.69, 9.17) is 10.2 Å². The van der Waals surface area contributed by atoms with Gasteiger partial charge < -0.3 is 10.2 Å². The van der Waals surface area contributed by atoms with E-state index in [2.05, 4.69) is 10.2 Å². The van der Waals surface area contributed by atoms with Crippen LogP contribution in [0.15, 0.2) is 27.8 Å². The van der Waals surface area contributed by atoms with Crippen molar-refractivity contribution in [2.24, 2.45) is 5.73 Å². The topological polar surface area (TPSA) is 64.9 Å². The van der Waals surface area contributed by atoms with E-state index < -0.39 is 0 Å². The van der Waals surface area contributed by atoms with E-state index in [0.717, 1.165) is 11.1 Å². The van der Waals surface area contributed by atoms with E-state index in [9.17, 15) is 4.39 Å². The van der Waals surface area contributed by atoms with Crippen molar-refractivity contribution in [2.75, 3.05) is 0 Å². The minimum Gasteiger partial charge on any atom is -0.415 e. The highest BCUT2D eigenvalue weighted by Gasteiger charge is 2.07. The molecule has 0 aliphatic carbocycles. The molecule has 0 radical (unpaired) electrons. The van der Waals surface area contributed by atoms with Crippen molar-refractivity contribution in [3.8, 4) is 0 Å². The van der Waals surface area contributed by atoms with Gasteiger partial charge in [0, 0.05) is 5.75 Å². The van der Waals surface area contributed by atoms with Gasteiger partial charge in [0.15, 0.2) is 0 Å². The number of rotatable bonds is 4. The summed E-state index contributed by atoms with van der Waals surface area (Å²) >= 11 is 1.37. The molecule has 1 aromatic carbocycles. The van der Waals surface area contributed by atoms with Gasteiger partial charge in [-0.3, -0.25) is 0 Å². The Hall–Kier alpha value is -1.40. The number of nitrogens with zero attached hydrogens (tertiary/aromatic N) is 2. The number of benzene rings is 1. The Balaban J connectivity index is 2.04. The molecule has 4 nitrogen and oxygen atoms in total. The van der Waals surface area contributed by atoms with E-state index in [1.165, 1.54) is 23.9 Å². The van der Waals surface area contributed by atoms with Crippen molar-refractivity contribution >= 4 is 11.8 Å². The maximum atomic E-state index is 13.1. The molecule has 1 heterocycles. The highest BCUT2D eigenvalue weighted by molar-refractivity contribution is 7.98. The van der Waals surface area contributed by atoms with Crippen molar-refractivity contribution in [3.63, 3.8) is 0 Å². The lowest BCUT2D eigenvalue weighted by atomic mass is 10.1. The minimum absolute atomic E-state index is 0.229. The second kappa shape index (κ2) is 5.29. The zero-order valence-corrected chi connectivity index (χ0v) is 10.1. The number of hydrogen-bond acceptors (Lipinski definition) is 5. The van der Waals surface area contributed by atoms with Crippen LogP contribution in [0.1, 0.15) is 17.0 Å². The third-order valence-electron chi connectivity index (χ3n) is 2.29. The third kappa shape index (κ3) is 3.04. The van der Waals surface area contributed by atoms with E-state index in [0.29, 0.717) is 16.9 Å². The standard InChI is InChI=1S/C11H12FN3OS/c1-7-2-3-9(12)4-8(7)6-17-11-15-14-10(5-13)16-11/h2-4H,5-6,13H2,1H3. The monoisotopic (exact) mass is 253 g/mol. The summed E-state index contributed by atoms with van der Waals surface area (Å²) in [5, 5.41) is 8.03. The maximum absolute atomic E-state index is 13.1. The number of hydrogen-bond donors (Lipinski definition) is 1. The Bertz CT molecular complexity index is 515. The van der Waals surface area contributed by atoms with Crippen LogP contribution in [0.5, 0.6) is 0 Å². The zero-order chi connectivity index (χ0) is 12.3. The molecule has 1 aromatic heterocycles. The maximum Gasteiger partial charge on any atom is 0.276 e. The smallest absolute Gasteiger partial charge is 0.276 e. The second-order valence-electron chi connectivity index (χ2n) is 3.53. The van der Waals surface area contributed by atoms with Gasteiger partial charge in [0.25, 0.3) is 5.22 Å². The summed E-state index contributed by atoms with van der Waals surface area (Å²) in [5.41, 5.74) is 7.32. The largest absolute Gasteiger partial charge is 0.415 e. The Kier molecular flexibility index (Phi) is 3.75. The summed E-state index contributed by atoms with van der Waals surface area (Å²) in [6.07, 6.45) is 0. The molecule has 0 saturated heterocycles. The quantitative estimate of drug-likeness (QED) is 0.847. The number of aryl methyl sites for hydroxylation is 1. The predicted octanol–water partition coefficient (Wildman–Crippen LogP) is 2.27. The van der Waals surface area contributed by atoms with Crippen LogP contribution in [0.25, 0.3) is 0 Å². The van der Waals surface area contributed by atoms with E-state index >= 15 is 0 Å². The van der Waals surface area contributed by atoms with Crippen molar-refractivity contribution in [1.29, 1.82) is 0 Å². The van der Waals surface area contributed by atoms with Gasteiger partial charge in [-0.25, -0.2) is 4.39 Å². The van der Waals surface area contributed by atoms with Crippen LogP contribution in [0.2, 0.25) is 0 Å². The summed E-state index contributed by atoms with van der Waals surface area (Å²) in [5.74, 6) is 0.762. The van der Waals surface area contributed by atoms with Crippen LogP contribution in [-0.2, 0) is 12.3 Å². The lowest BCUT2D eigenvalue weighted by Gasteiger charge is -2.03. The highest BCUT2D eigenvalue weighted by Crippen LogP contribution is 2.23. The van der Waals surface area contributed by atoms with Crippen molar-refractivity contribution in [1.82, 2.24) is 10.2 Å². The molecule has 0 saturated carbocycles. The first kappa shape index (κ1) is 12.1. The molecule has 0 amide bonds. The average molecular weight is 253 g/mol. The molecule has 0 fully saturated rings. The lowest BCUT2D eigenvalue weighted by molar-refractivity contribution is 0.414. The highest BCUT2D eigenvalue weighted by atomic mass is 32.2. The van der Waals surface area contributed by atoms with Gasteiger partial charge in [0.2, 0.25) is 5.89 Å². The Morgan fingerprint density at radius 3 is 2.94 bits per heavy atom. The summed E-state index contributed by atoms with van der Waals surface area (Å²) in [4.78, 5) is 0. The van der Waals surface area contributed by atoms with Gasteiger partial charge in [-0.2, -0.15) is 0 Å². The Labute approximate surface area is 102 Å². The van der Waals surface area contributed by atoms with Crippen LogP contribution in [-0.4, -0.2) is 10.2 Å². The first-order chi connectivity index (χ1) is 8.19. The number of aromatic nitrogens is 2. The molecule has 90 valence electrons. The first-order valence-corrected chi connectivity index (χ1v) is 6.08. The van der Waals surface area contributed by atoms with Crippen molar-refractivity contribution in [2.45, 2.75) is 24.4 Å². The normalized spacial score (nSPS) is 10.8. The summed E-state index contributed by atoms with van der Waals surface area (Å²) in [7, 11) is 0. The van der Waals surface area contributed by atoms with Gasteiger partial charge in [-0.05, 0) is 30.2 Å². The molecule has 6 heteroatoms. The van der Waals surface area contributed by atoms with Crippen LogP contribution in [0, 0.1) is 12.7 Å². The van der Waals surface area contributed by atoms with Crippen LogP contribution < -0.4 is 5.73 Å². The fraction of sp³-hybridized carbons (Fsp3) is 0.273. The van der Waals surface area contributed by atoms with Crippen molar-refractivity contribution in [3.05, 3.63) is 41.0 Å². The summed E-state index contributed by atoms with van der Waals surface area (Å²) in [6, 6.07) is 4.72. The number of thioether (sulfide) groups is 1. The second-order valence-corrected chi connectivity index (χ2v) is 4.45. The fourth-order valence-corrected chi connectivity index (χ4v) is 2.16. The molecule has 0 bridgehead atoms. The van der Waals surface area contributed by atoms with Gasteiger partial charge in [-0.1, -0.05) is 17.8 Å². The molecule has 0 unspecified atom stereocenters. The molecular weight excluding hydrogens is 241 g/mol. The predicted molar refractivity (Wildman–Crippen MR) is 62.9 cm³/mol. The number of halogens is 1.